The van der Waals surface area contributed by atoms with E-state index in [0.717, 1.165) is 29.3 Å². The van der Waals surface area contributed by atoms with Crippen LogP contribution < -0.4 is 16.0 Å². The quantitative estimate of drug-likeness (QED) is 0.292. The normalized spacial score (nSPS) is 19.8. The second-order valence-corrected chi connectivity index (χ2v) is 14.0. The molecule has 2 aliphatic heterocycles. The van der Waals surface area contributed by atoms with Crippen LogP contribution in [0.3, 0.4) is 0 Å². The van der Waals surface area contributed by atoms with Crippen molar-refractivity contribution in [1.29, 1.82) is 0 Å². The van der Waals surface area contributed by atoms with E-state index < -0.39 is 9.84 Å². The maximum atomic E-state index is 11.8. The van der Waals surface area contributed by atoms with E-state index in [-0.39, 0.29) is 29.8 Å². The predicted octanol–water partition coefficient (Wildman–Crippen LogP) is 4.53. The molecule has 2 aliphatic rings. The molecule has 222 valence electrons. The van der Waals surface area contributed by atoms with Crippen LogP contribution in [0.4, 0.5) is 17.3 Å². The molecule has 0 radical (unpaired) electrons. The molecule has 2 saturated heterocycles. The van der Waals surface area contributed by atoms with Gasteiger partial charge in [-0.3, -0.25) is 4.68 Å². The summed E-state index contributed by atoms with van der Waals surface area (Å²) in [5, 5.41) is 10.2. The van der Waals surface area contributed by atoms with Gasteiger partial charge in [-0.05, 0) is 47.9 Å². The molecule has 0 spiro atoms. The Morgan fingerprint density at radius 3 is 2.64 bits per heavy atom. The van der Waals surface area contributed by atoms with Crippen molar-refractivity contribution >= 4 is 49.5 Å². The summed E-state index contributed by atoms with van der Waals surface area (Å²) in [6.45, 7) is 6.31. The van der Waals surface area contributed by atoms with Crippen LogP contribution in [0.1, 0.15) is 44.2 Å². The number of hydrogen-bond donors (Lipinski definition) is 2. The first-order valence-electron chi connectivity index (χ1n) is 14.1. The number of nitrogens with two attached hydrogens (primary N) is 1. The monoisotopic (exact) mass is 610 g/mol. The zero-order chi connectivity index (χ0) is 29.6. The molecule has 42 heavy (non-hydrogen) atoms. The number of pyridine rings is 1. The molecule has 0 aliphatic carbocycles. The first-order chi connectivity index (χ1) is 20.1. The van der Waals surface area contributed by atoms with Gasteiger partial charge in [0.05, 0.1) is 23.5 Å². The van der Waals surface area contributed by atoms with Gasteiger partial charge in [-0.25, -0.2) is 23.4 Å². The largest absolute Gasteiger partial charge is 0.381 e. The lowest BCUT2D eigenvalue weighted by Gasteiger charge is -2.47. The van der Waals surface area contributed by atoms with Crippen LogP contribution in [-0.2, 0) is 14.6 Å². The SMILES string of the molecule is CC(C)c1ccc(N2C[C@H](CS(C)(=O)=O)[C@H]2N)c2cnc(Nc3ccnc(-c4cn(C5CCOCC5)nc4Cl)n3)cc12. The third kappa shape index (κ3) is 5.81. The number of benzene rings is 1. The van der Waals surface area contributed by atoms with E-state index in [2.05, 4.69) is 46.3 Å². The fourth-order valence-electron chi connectivity index (χ4n) is 5.81. The number of ether oxygens (including phenoxy) is 1. The molecule has 0 bridgehead atoms. The summed E-state index contributed by atoms with van der Waals surface area (Å²) >= 11 is 6.51. The number of anilines is 3. The van der Waals surface area contributed by atoms with Crippen molar-refractivity contribution in [3.05, 3.63) is 53.6 Å². The fourth-order valence-corrected chi connectivity index (χ4v) is 7.11. The number of nitrogens with zero attached hydrogens (tertiary/aromatic N) is 6. The van der Waals surface area contributed by atoms with Gasteiger partial charge in [0, 0.05) is 61.6 Å². The Morgan fingerprint density at radius 2 is 1.93 bits per heavy atom. The third-order valence-corrected chi connectivity index (χ3v) is 9.35. The standard InChI is InChI=1S/C29H35ClN8O3S/c1-17(2)20-4-5-24(37-14-18(28(37)31)16-42(3,39)40)22-13-33-26(12-21(20)22)34-25-6-9-32-29(35-25)23-15-38(36-27(23)30)19-7-10-41-11-8-19/h4-6,9,12-13,15,17-19,28H,7-8,10-11,14,16,31H2,1-3H3,(H,32,33,34,35)/t18-,28+/m1/s1. The van der Waals surface area contributed by atoms with Gasteiger partial charge in [0.15, 0.2) is 11.0 Å². The van der Waals surface area contributed by atoms with Crippen LogP contribution >= 0.6 is 11.6 Å². The third-order valence-electron chi connectivity index (χ3n) is 8.04. The van der Waals surface area contributed by atoms with E-state index in [9.17, 15) is 8.42 Å². The van der Waals surface area contributed by atoms with Crippen molar-refractivity contribution in [3.63, 3.8) is 0 Å². The Morgan fingerprint density at radius 1 is 1.14 bits per heavy atom. The number of nitrogens with one attached hydrogen (secondary N) is 1. The van der Waals surface area contributed by atoms with Gasteiger partial charge in [-0.1, -0.05) is 31.5 Å². The average molecular weight is 611 g/mol. The Labute approximate surface area is 250 Å². The molecule has 2 atom stereocenters. The number of sulfone groups is 1. The van der Waals surface area contributed by atoms with Crippen molar-refractivity contribution in [1.82, 2.24) is 24.7 Å². The van der Waals surface area contributed by atoms with Crippen molar-refractivity contribution in [2.75, 3.05) is 42.0 Å². The van der Waals surface area contributed by atoms with Crippen LogP contribution in [0.5, 0.6) is 0 Å². The molecule has 0 amide bonds. The smallest absolute Gasteiger partial charge is 0.166 e. The maximum Gasteiger partial charge on any atom is 0.166 e. The van der Waals surface area contributed by atoms with E-state index in [0.29, 0.717) is 47.9 Å². The van der Waals surface area contributed by atoms with E-state index in [1.54, 1.807) is 12.3 Å². The molecular formula is C29H35ClN8O3S. The number of rotatable bonds is 8. The minimum absolute atomic E-state index is 0.0848. The lowest BCUT2D eigenvalue weighted by Crippen LogP contribution is -2.63. The molecule has 3 N–H and O–H groups in total. The molecule has 4 aromatic rings. The fraction of sp³-hybridized carbons (Fsp3) is 0.448. The second kappa shape index (κ2) is 11.4. The van der Waals surface area contributed by atoms with Gasteiger partial charge >= 0.3 is 0 Å². The summed E-state index contributed by atoms with van der Waals surface area (Å²) in [5.74, 6) is 1.96. The number of halogens is 1. The van der Waals surface area contributed by atoms with Crippen molar-refractivity contribution in [2.24, 2.45) is 11.7 Å². The van der Waals surface area contributed by atoms with E-state index in [1.165, 1.54) is 11.8 Å². The lowest BCUT2D eigenvalue weighted by molar-refractivity contribution is 0.0662. The highest BCUT2D eigenvalue weighted by Crippen LogP contribution is 2.38. The Bertz CT molecular complexity index is 1720. The molecular weight excluding hydrogens is 576 g/mol. The molecule has 5 heterocycles. The predicted molar refractivity (Wildman–Crippen MR) is 165 cm³/mol. The summed E-state index contributed by atoms with van der Waals surface area (Å²) in [6, 6.07) is 8.22. The van der Waals surface area contributed by atoms with Gasteiger partial charge in [-0.2, -0.15) is 5.10 Å². The van der Waals surface area contributed by atoms with Crippen LogP contribution in [-0.4, -0.2) is 71.1 Å². The summed E-state index contributed by atoms with van der Waals surface area (Å²) < 4.78 is 31.0. The first kappa shape index (κ1) is 28.8. The van der Waals surface area contributed by atoms with Gasteiger partial charge in [0.2, 0.25) is 0 Å². The molecule has 11 nitrogen and oxygen atoms in total. The van der Waals surface area contributed by atoms with Gasteiger partial charge in [0.25, 0.3) is 0 Å². The van der Waals surface area contributed by atoms with E-state index in [4.69, 9.17) is 32.0 Å². The number of hydrogen-bond acceptors (Lipinski definition) is 10. The van der Waals surface area contributed by atoms with Gasteiger partial charge < -0.3 is 20.7 Å². The zero-order valence-corrected chi connectivity index (χ0v) is 25.4. The first-order valence-corrected chi connectivity index (χ1v) is 16.6. The van der Waals surface area contributed by atoms with Crippen molar-refractivity contribution in [3.8, 4) is 11.4 Å². The Kier molecular flexibility index (Phi) is 7.81. The molecule has 2 fully saturated rings. The molecule has 0 unspecified atom stereocenters. The Hall–Kier alpha value is -3.32. The van der Waals surface area contributed by atoms with Crippen molar-refractivity contribution < 1.29 is 13.2 Å². The minimum atomic E-state index is -3.10. The maximum absolute atomic E-state index is 11.8. The number of fused-ring (bicyclic) bond motifs is 1. The molecule has 13 heteroatoms. The zero-order valence-electron chi connectivity index (χ0n) is 23.9. The Balaban J connectivity index is 1.27. The second-order valence-electron chi connectivity index (χ2n) is 11.5. The molecule has 3 aromatic heterocycles. The van der Waals surface area contributed by atoms with Crippen LogP contribution in [0.2, 0.25) is 5.15 Å². The topological polar surface area (TPSA) is 141 Å². The highest BCUT2D eigenvalue weighted by atomic mass is 35.5. The summed E-state index contributed by atoms with van der Waals surface area (Å²) in [5.41, 5.74) is 9.24. The summed E-state index contributed by atoms with van der Waals surface area (Å²) in [4.78, 5) is 15.9. The summed E-state index contributed by atoms with van der Waals surface area (Å²) in [6.07, 6.45) is 8.09. The van der Waals surface area contributed by atoms with Gasteiger partial charge in [0.1, 0.15) is 21.5 Å². The highest BCUT2D eigenvalue weighted by molar-refractivity contribution is 7.90. The van der Waals surface area contributed by atoms with Crippen LogP contribution in [0.25, 0.3) is 22.2 Å². The van der Waals surface area contributed by atoms with E-state index >= 15 is 0 Å². The average Bonchev–Trinajstić information content (AvgIpc) is 3.36. The lowest BCUT2D eigenvalue weighted by atomic mass is 9.92. The minimum Gasteiger partial charge on any atom is -0.381 e. The molecule has 6 rings (SSSR count). The molecule has 1 aromatic carbocycles. The molecule has 0 saturated carbocycles. The summed E-state index contributed by atoms with van der Waals surface area (Å²) in [7, 11) is -3.10. The van der Waals surface area contributed by atoms with Crippen molar-refractivity contribution in [2.45, 2.75) is 44.8 Å². The van der Waals surface area contributed by atoms with Gasteiger partial charge in [-0.15, -0.1) is 0 Å². The van der Waals surface area contributed by atoms with Crippen LogP contribution in [0, 0.1) is 5.92 Å². The van der Waals surface area contributed by atoms with Crippen LogP contribution in [0.15, 0.2) is 42.9 Å². The number of aromatic nitrogens is 5. The highest BCUT2D eigenvalue weighted by Gasteiger charge is 2.39. The van der Waals surface area contributed by atoms with E-state index in [1.807, 2.05) is 23.1 Å².